The van der Waals surface area contributed by atoms with Gasteiger partial charge in [-0.3, -0.25) is 0 Å². The third-order valence-electron chi connectivity index (χ3n) is 2.14. The van der Waals surface area contributed by atoms with E-state index in [2.05, 4.69) is 10.3 Å². The SMILES string of the molecule is COC[C@H](O)CNc1nc2ccccc2s1. The van der Waals surface area contributed by atoms with Gasteiger partial charge >= 0.3 is 0 Å². The van der Waals surface area contributed by atoms with E-state index in [4.69, 9.17) is 4.74 Å². The third kappa shape index (κ3) is 2.69. The lowest BCUT2D eigenvalue weighted by atomic mass is 10.3. The molecule has 2 aromatic rings. The molecular formula is C11H14N2O2S. The Hall–Kier alpha value is -1.17. The summed E-state index contributed by atoms with van der Waals surface area (Å²) in [4.78, 5) is 4.40. The molecule has 0 aliphatic rings. The van der Waals surface area contributed by atoms with Crippen molar-refractivity contribution in [3.63, 3.8) is 0 Å². The minimum atomic E-state index is -0.503. The van der Waals surface area contributed by atoms with E-state index < -0.39 is 6.10 Å². The second kappa shape index (κ2) is 5.25. The topological polar surface area (TPSA) is 54.4 Å². The molecule has 0 fully saturated rings. The van der Waals surface area contributed by atoms with Crippen molar-refractivity contribution in [1.29, 1.82) is 0 Å². The zero-order chi connectivity index (χ0) is 11.4. The minimum Gasteiger partial charge on any atom is -0.389 e. The molecule has 2 N–H and O–H groups in total. The number of fused-ring (bicyclic) bond motifs is 1. The number of hydrogen-bond donors (Lipinski definition) is 2. The van der Waals surface area contributed by atoms with Crippen LogP contribution >= 0.6 is 11.3 Å². The molecule has 5 heteroatoms. The minimum absolute atomic E-state index is 0.331. The average molecular weight is 238 g/mol. The fourth-order valence-electron chi connectivity index (χ4n) is 1.40. The van der Waals surface area contributed by atoms with Gasteiger partial charge < -0.3 is 15.2 Å². The molecule has 1 heterocycles. The van der Waals surface area contributed by atoms with Crippen LogP contribution in [0.15, 0.2) is 24.3 Å². The second-order valence-electron chi connectivity index (χ2n) is 3.48. The lowest BCUT2D eigenvalue weighted by Gasteiger charge is -2.09. The summed E-state index contributed by atoms with van der Waals surface area (Å²) in [5, 5.41) is 13.4. The van der Waals surface area contributed by atoms with Crippen LogP contribution in [0.4, 0.5) is 5.13 Å². The number of nitrogens with zero attached hydrogens (tertiary/aromatic N) is 1. The van der Waals surface area contributed by atoms with Gasteiger partial charge in [0.1, 0.15) is 0 Å². The number of thiazole rings is 1. The van der Waals surface area contributed by atoms with Crippen LogP contribution in [-0.4, -0.2) is 36.5 Å². The Morgan fingerprint density at radius 1 is 1.50 bits per heavy atom. The fourth-order valence-corrected chi connectivity index (χ4v) is 2.28. The molecule has 0 spiro atoms. The molecule has 0 saturated carbocycles. The molecule has 0 amide bonds. The number of aromatic nitrogens is 1. The van der Waals surface area contributed by atoms with Crippen molar-refractivity contribution in [2.75, 3.05) is 25.6 Å². The van der Waals surface area contributed by atoms with Gasteiger partial charge in [0.25, 0.3) is 0 Å². The van der Waals surface area contributed by atoms with E-state index in [1.165, 1.54) is 0 Å². The van der Waals surface area contributed by atoms with Gasteiger partial charge in [-0.05, 0) is 12.1 Å². The summed E-state index contributed by atoms with van der Waals surface area (Å²) in [6.45, 7) is 0.783. The van der Waals surface area contributed by atoms with Gasteiger partial charge in [-0.2, -0.15) is 0 Å². The standard InChI is InChI=1S/C11H14N2O2S/c1-15-7-8(14)6-12-11-13-9-4-2-3-5-10(9)16-11/h2-5,8,14H,6-7H2,1H3,(H,12,13)/t8-/m1/s1. The fraction of sp³-hybridized carbons (Fsp3) is 0.364. The zero-order valence-electron chi connectivity index (χ0n) is 9.01. The Morgan fingerprint density at radius 3 is 3.06 bits per heavy atom. The highest BCUT2D eigenvalue weighted by atomic mass is 32.1. The number of ether oxygens (including phenoxy) is 1. The van der Waals surface area contributed by atoms with E-state index in [1.54, 1.807) is 18.4 Å². The Labute approximate surface area is 97.9 Å². The Balaban J connectivity index is 1.99. The summed E-state index contributed by atoms with van der Waals surface area (Å²) in [6, 6.07) is 7.96. The number of aliphatic hydroxyl groups is 1. The molecule has 2 rings (SSSR count). The first-order chi connectivity index (χ1) is 7.79. The highest BCUT2D eigenvalue weighted by Crippen LogP contribution is 2.25. The number of para-hydroxylation sites is 1. The summed E-state index contributed by atoms with van der Waals surface area (Å²) >= 11 is 1.58. The molecular weight excluding hydrogens is 224 g/mol. The summed E-state index contributed by atoms with van der Waals surface area (Å²) in [5.41, 5.74) is 0.983. The first-order valence-corrected chi connectivity index (χ1v) is 5.87. The van der Waals surface area contributed by atoms with Crippen LogP contribution < -0.4 is 5.32 Å². The molecule has 1 aromatic heterocycles. The monoisotopic (exact) mass is 238 g/mol. The van der Waals surface area contributed by atoms with Gasteiger partial charge in [-0.15, -0.1) is 0 Å². The maximum absolute atomic E-state index is 9.47. The van der Waals surface area contributed by atoms with E-state index in [1.807, 2.05) is 24.3 Å². The van der Waals surface area contributed by atoms with E-state index in [0.717, 1.165) is 15.3 Å². The molecule has 1 aromatic carbocycles. The largest absolute Gasteiger partial charge is 0.389 e. The average Bonchev–Trinajstić information content (AvgIpc) is 2.69. The molecule has 4 nitrogen and oxygen atoms in total. The van der Waals surface area contributed by atoms with Gasteiger partial charge in [-0.1, -0.05) is 23.5 Å². The number of rotatable bonds is 5. The van der Waals surface area contributed by atoms with Gasteiger partial charge in [0.2, 0.25) is 0 Å². The van der Waals surface area contributed by atoms with Crippen molar-refractivity contribution in [2.45, 2.75) is 6.10 Å². The molecule has 16 heavy (non-hydrogen) atoms. The van der Waals surface area contributed by atoms with Gasteiger partial charge in [0, 0.05) is 13.7 Å². The maximum atomic E-state index is 9.47. The molecule has 0 aliphatic carbocycles. The quantitative estimate of drug-likeness (QED) is 0.832. The number of hydrogen-bond acceptors (Lipinski definition) is 5. The van der Waals surface area contributed by atoms with E-state index >= 15 is 0 Å². The van der Waals surface area contributed by atoms with E-state index in [0.29, 0.717) is 13.2 Å². The van der Waals surface area contributed by atoms with Crippen LogP contribution in [0.2, 0.25) is 0 Å². The number of benzene rings is 1. The zero-order valence-corrected chi connectivity index (χ0v) is 9.83. The normalized spacial score (nSPS) is 12.9. The summed E-state index contributed by atoms with van der Waals surface area (Å²) in [5.74, 6) is 0. The van der Waals surface area contributed by atoms with Gasteiger partial charge in [-0.25, -0.2) is 4.98 Å². The number of anilines is 1. The predicted octanol–water partition coefficient (Wildman–Crippen LogP) is 1.72. The van der Waals surface area contributed by atoms with Crippen molar-refractivity contribution >= 4 is 26.7 Å². The van der Waals surface area contributed by atoms with Crippen molar-refractivity contribution in [3.8, 4) is 0 Å². The van der Waals surface area contributed by atoms with E-state index in [9.17, 15) is 5.11 Å². The van der Waals surface area contributed by atoms with Crippen molar-refractivity contribution < 1.29 is 9.84 Å². The van der Waals surface area contributed by atoms with Crippen molar-refractivity contribution in [3.05, 3.63) is 24.3 Å². The van der Waals surface area contributed by atoms with Crippen molar-refractivity contribution in [2.24, 2.45) is 0 Å². The smallest absolute Gasteiger partial charge is 0.183 e. The summed E-state index contributed by atoms with van der Waals surface area (Å²) in [7, 11) is 1.57. The van der Waals surface area contributed by atoms with Crippen LogP contribution in [0.25, 0.3) is 10.2 Å². The number of methoxy groups -OCH3 is 1. The highest BCUT2D eigenvalue weighted by molar-refractivity contribution is 7.22. The van der Waals surface area contributed by atoms with Crippen LogP contribution in [0, 0.1) is 0 Å². The highest BCUT2D eigenvalue weighted by Gasteiger charge is 2.06. The number of aliphatic hydroxyl groups excluding tert-OH is 1. The Morgan fingerprint density at radius 2 is 2.31 bits per heavy atom. The first kappa shape index (κ1) is 11.3. The molecule has 0 unspecified atom stereocenters. The van der Waals surface area contributed by atoms with Crippen LogP contribution in [-0.2, 0) is 4.74 Å². The molecule has 86 valence electrons. The molecule has 0 saturated heterocycles. The maximum Gasteiger partial charge on any atom is 0.183 e. The number of nitrogens with one attached hydrogen (secondary N) is 1. The van der Waals surface area contributed by atoms with Gasteiger partial charge in [0.15, 0.2) is 5.13 Å². The molecule has 0 radical (unpaired) electrons. The molecule has 0 aliphatic heterocycles. The van der Waals surface area contributed by atoms with Crippen LogP contribution in [0.1, 0.15) is 0 Å². The molecule has 1 atom stereocenters. The Bertz CT molecular complexity index is 425. The Kier molecular flexibility index (Phi) is 3.71. The lowest BCUT2D eigenvalue weighted by molar-refractivity contribution is 0.0727. The first-order valence-electron chi connectivity index (χ1n) is 5.06. The van der Waals surface area contributed by atoms with Gasteiger partial charge in [0.05, 0.1) is 22.9 Å². The van der Waals surface area contributed by atoms with E-state index in [-0.39, 0.29) is 0 Å². The van der Waals surface area contributed by atoms with Crippen LogP contribution in [0.5, 0.6) is 0 Å². The van der Waals surface area contributed by atoms with Crippen LogP contribution in [0.3, 0.4) is 0 Å². The summed E-state index contributed by atoms with van der Waals surface area (Å²) < 4.78 is 5.99. The predicted molar refractivity (Wildman–Crippen MR) is 66.0 cm³/mol. The lowest BCUT2D eigenvalue weighted by Crippen LogP contribution is -2.23. The third-order valence-corrected chi connectivity index (χ3v) is 3.14. The molecule has 0 bridgehead atoms. The second-order valence-corrected chi connectivity index (χ2v) is 4.51. The van der Waals surface area contributed by atoms with Crippen molar-refractivity contribution in [1.82, 2.24) is 4.98 Å². The summed E-state index contributed by atoms with van der Waals surface area (Å²) in [6.07, 6.45) is -0.503.